The molecule has 1 aliphatic heterocycles. The van der Waals surface area contributed by atoms with E-state index in [-0.39, 0.29) is 11.7 Å². The van der Waals surface area contributed by atoms with Gasteiger partial charge in [0.2, 0.25) is 5.91 Å². The lowest BCUT2D eigenvalue weighted by atomic mass is 10.1. The summed E-state index contributed by atoms with van der Waals surface area (Å²) in [5.74, 6) is -0.491. The Hall–Kier alpha value is -2.89. The van der Waals surface area contributed by atoms with E-state index in [1.807, 2.05) is 32.0 Å². The summed E-state index contributed by atoms with van der Waals surface area (Å²) in [6.45, 7) is 6.05. The lowest BCUT2D eigenvalue weighted by Crippen LogP contribution is -2.43. The predicted octanol–water partition coefficient (Wildman–Crippen LogP) is 3.68. The van der Waals surface area contributed by atoms with Gasteiger partial charge in [0.1, 0.15) is 11.9 Å². The topological polar surface area (TPSA) is 61.4 Å². The van der Waals surface area contributed by atoms with Gasteiger partial charge in [0.05, 0.1) is 0 Å². The van der Waals surface area contributed by atoms with E-state index >= 15 is 0 Å². The van der Waals surface area contributed by atoms with Crippen molar-refractivity contribution >= 4 is 23.3 Å². The minimum absolute atomic E-state index is 0.188. The average Bonchev–Trinajstić information content (AvgIpc) is 2.95. The first-order chi connectivity index (χ1) is 12.4. The highest BCUT2D eigenvalue weighted by Gasteiger charge is 2.33. The van der Waals surface area contributed by atoms with E-state index in [2.05, 4.69) is 10.6 Å². The molecule has 2 aromatic carbocycles. The number of nitrogens with one attached hydrogen (secondary N) is 2. The van der Waals surface area contributed by atoms with Gasteiger partial charge >= 0.3 is 6.03 Å². The van der Waals surface area contributed by atoms with E-state index in [0.717, 1.165) is 16.8 Å². The molecule has 0 aliphatic carbocycles. The first-order valence-electron chi connectivity index (χ1n) is 8.58. The Morgan fingerprint density at radius 1 is 1.15 bits per heavy atom. The molecular weight excluding hydrogens is 333 g/mol. The summed E-state index contributed by atoms with van der Waals surface area (Å²) in [6, 6.07) is 9.25. The fraction of sp³-hybridized carbons (Fsp3) is 0.300. The number of nitrogens with zero attached hydrogens (tertiary/aromatic N) is 1. The van der Waals surface area contributed by atoms with Crippen molar-refractivity contribution < 1.29 is 14.0 Å². The minimum Gasteiger partial charge on any atom is -0.326 e. The Kier molecular flexibility index (Phi) is 4.93. The molecule has 3 amide bonds. The van der Waals surface area contributed by atoms with Gasteiger partial charge in [-0.3, -0.25) is 4.79 Å². The molecule has 2 aromatic rings. The molecule has 0 bridgehead atoms. The number of carbonyl (C=O) groups excluding carboxylic acids is 2. The van der Waals surface area contributed by atoms with E-state index in [1.54, 1.807) is 24.0 Å². The van der Waals surface area contributed by atoms with Gasteiger partial charge in [-0.25, -0.2) is 9.18 Å². The predicted molar refractivity (Wildman–Crippen MR) is 100.0 cm³/mol. The number of urea groups is 1. The van der Waals surface area contributed by atoms with Gasteiger partial charge in [-0.2, -0.15) is 0 Å². The molecule has 5 nitrogen and oxygen atoms in total. The second-order valence-electron chi connectivity index (χ2n) is 6.61. The van der Waals surface area contributed by atoms with E-state index < -0.39 is 12.1 Å². The van der Waals surface area contributed by atoms with Crippen molar-refractivity contribution in [3.05, 3.63) is 58.9 Å². The molecule has 1 aliphatic rings. The second-order valence-corrected chi connectivity index (χ2v) is 6.61. The van der Waals surface area contributed by atoms with Crippen molar-refractivity contribution in [2.24, 2.45) is 0 Å². The van der Waals surface area contributed by atoms with Crippen LogP contribution < -0.4 is 15.5 Å². The Balaban J connectivity index is 1.66. The van der Waals surface area contributed by atoms with Crippen LogP contribution in [0, 0.1) is 26.6 Å². The van der Waals surface area contributed by atoms with Crippen molar-refractivity contribution in [3.8, 4) is 0 Å². The highest BCUT2D eigenvalue weighted by atomic mass is 19.1. The first kappa shape index (κ1) is 17.9. The molecule has 1 saturated heterocycles. The maximum Gasteiger partial charge on any atom is 0.319 e. The molecule has 0 saturated carbocycles. The lowest BCUT2D eigenvalue weighted by molar-refractivity contribution is -0.118. The number of aryl methyl sites for hydroxylation is 2. The van der Waals surface area contributed by atoms with E-state index in [9.17, 15) is 14.0 Å². The van der Waals surface area contributed by atoms with Gasteiger partial charge < -0.3 is 15.5 Å². The molecule has 1 atom stereocenters. The number of hydrogen-bond donors (Lipinski definition) is 2. The van der Waals surface area contributed by atoms with Crippen molar-refractivity contribution in [1.82, 2.24) is 5.32 Å². The van der Waals surface area contributed by atoms with Gasteiger partial charge in [0.25, 0.3) is 0 Å². The Labute approximate surface area is 152 Å². The summed E-state index contributed by atoms with van der Waals surface area (Å²) in [4.78, 5) is 26.5. The Bertz CT molecular complexity index is 866. The Morgan fingerprint density at radius 2 is 1.92 bits per heavy atom. The molecule has 136 valence electrons. The zero-order chi connectivity index (χ0) is 18.8. The van der Waals surface area contributed by atoms with Crippen molar-refractivity contribution in [2.45, 2.75) is 33.2 Å². The number of amides is 3. The fourth-order valence-corrected chi connectivity index (χ4v) is 3.07. The summed E-state index contributed by atoms with van der Waals surface area (Å²) < 4.78 is 13.4. The van der Waals surface area contributed by atoms with E-state index in [1.165, 1.54) is 6.07 Å². The van der Waals surface area contributed by atoms with Gasteiger partial charge in [0, 0.05) is 17.9 Å². The second kappa shape index (κ2) is 7.15. The summed E-state index contributed by atoms with van der Waals surface area (Å²) in [5.41, 5.74) is 3.92. The van der Waals surface area contributed by atoms with Crippen LogP contribution in [0.15, 0.2) is 36.4 Å². The van der Waals surface area contributed by atoms with Gasteiger partial charge in [-0.15, -0.1) is 0 Å². The SMILES string of the molecule is Cc1cc(N2CC[C@H](NC(=O)Nc3cccc(C)c3C)C2=O)ccc1F. The van der Waals surface area contributed by atoms with Crippen LogP contribution in [0.2, 0.25) is 0 Å². The quantitative estimate of drug-likeness (QED) is 0.882. The number of hydrogen-bond acceptors (Lipinski definition) is 2. The van der Waals surface area contributed by atoms with Crippen molar-refractivity contribution in [1.29, 1.82) is 0 Å². The monoisotopic (exact) mass is 355 g/mol. The van der Waals surface area contributed by atoms with E-state index in [4.69, 9.17) is 0 Å². The maximum absolute atomic E-state index is 13.4. The van der Waals surface area contributed by atoms with Gasteiger partial charge in [0.15, 0.2) is 0 Å². The summed E-state index contributed by atoms with van der Waals surface area (Å²) in [5, 5.41) is 5.53. The van der Waals surface area contributed by atoms with Gasteiger partial charge in [-0.1, -0.05) is 12.1 Å². The van der Waals surface area contributed by atoms with Crippen LogP contribution in [0.5, 0.6) is 0 Å². The maximum atomic E-state index is 13.4. The summed E-state index contributed by atoms with van der Waals surface area (Å²) in [7, 11) is 0. The van der Waals surface area contributed by atoms with Crippen LogP contribution in [0.4, 0.5) is 20.6 Å². The number of rotatable bonds is 3. The van der Waals surface area contributed by atoms with E-state index in [0.29, 0.717) is 24.2 Å². The lowest BCUT2D eigenvalue weighted by Gasteiger charge is -2.18. The zero-order valence-corrected chi connectivity index (χ0v) is 15.1. The summed E-state index contributed by atoms with van der Waals surface area (Å²) >= 11 is 0. The first-order valence-corrected chi connectivity index (χ1v) is 8.58. The normalized spacial score (nSPS) is 16.7. The largest absolute Gasteiger partial charge is 0.326 e. The molecule has 0 unspecified atom stereocenters. The van der Waals surface area contributed by atoms with Crippen LogP contribution in [0.25, 0.3) is 0 Å². The van der Waals surface area contributed by atoms with Crippen LogP contribution in [0.3, 0.4) is 0 Å². The third-order valence-electron chi connectivity index (χ3n) is 4.82. The van der Waals surface area contributed by atoms with Gasteiger partial charge in [-0.05, 0) is 68.1 Å². The number of halogens is 1. The molecule has 1 heterocycles. The number of benzene rings is 2. The molecule has 6 heteroatoms. The smallest absolute Gasteiger partial charge is 0.319 e. The Morgan fingerprint density at radius 3 is 2.65 bits per heavy atom. The molecule has 0 aromatic heterocycles. The average molecular weight is 355 g/mol. The standard InChI is InChI=1S/C20H22FN3O2/c1-12-5-4-6-17(14(12)3)22-20(26)23-18-9-10-24(19(18)25)15-7-8-16(21)13(2)11-15/h4-8,11,18H,9-10H2,1-3H3,(H2,22,23,26)/t18-/m0/s1. The van der Waals surface area contributed by atoms with Crippen LogP contribution in [-0.4, -0.2) is 24.5 Å². The van der Waals surface area contributed by atoms with Crippen LogP contribution in [-0.2, 0) is 4.79 Å². The minimum atomic E-state index is -0.592. The zero-order valence-electron chi connectivity index (χ0n) is 15.1. The molecule has 0 radical (unpaired) electrons. The number of anilines is 2. The highest BCUT2D eigenvalue weighted by Crippen LogP contribution is 2.24. The molecule has 2 N–H and O–H groups in total. The molecule has 0 spiro atoms. The molecule has 1 fully saturated rings. The van der Waals surface area contributed by atoms with Crippen LogP contribution >= 0.6 is 0 Å². The highest BCUT2D eigenvalue weighted by molar-refractivity contribution is 6.02. The third kappa shape index (κ3) is 3.54. The molecule has 3 rings (SSSR count). The fourth-order valence-electron chi connectivity index (χ4n) is 3.07. The molecule has 26 heavy (non-hydrogen) atoms. The number of carbonyl (C=O) groups is 2. The summed E-state index contributed by atoms with van der Waals surface area (Å²) in [6.07, 6.45) is 0.509. The third-order valence-corrected chi connectivity index (χ3v) is 4.82. The molecular formula is C20H22FN3O2. The van der Waals surface area contributed by atoms with Crippen molar-refractivity contribution in [3.63, 3.8) is 0 Å². The van der Waals surface area contributed by atoms with Crippen LogP contribution in [0.1, 0.15) is 23.1 Å². The van der Waals surface area contributed by atoms with Crippen molar-refractivity contribution in [2.75, 3.05) is 16.8 Å².